The van der Waals surface area contributed by atoms with Gasteiger partial charge >= 0.3 is 5.69 Å². The van der Waals surface area contributed by atoms with E-state index >= 15 is 0 Å². The number of hydrogen-bond acceptors (Lipinski definition) is 4. The number of ether oxygens (including phenoxy) is 2. The van der Waals surface area contributed by atoms with Crippen LogP contribution in [-0.4, -0.2) is 43.4 Å². The van der Waals surface area contributed by atoms with Gasteiger partial charge in [0.25, 0.3) is 0 Å². The molecule has 0 radical (unpaired) electrons. The molecule has 1 aromatic rings. The molecule has 1 aliphatic heterocycles. The molecule has 22 heavy (non-hydrogen) atoms. The molecule has 0 bridgehead atoms. The van der Waals surface area contributed by atoms with Crippen LogP contribution in [-0.2, 0) is 4.74 Å². The van der Waals surface area contributed by atoms with Crippen molar-refractivity contribution in [3.63, 3.8) is 0 Å². The second kappa shape index (κ2) is 7.56. The quantitative estimate of drug-likeness (QED) is 0.489. The van der Waals surface area contributed by atoms with E-state index in [1.807, 2.05) is 6.92 Å². The molecule has 0 saturated carbocycles. The summed E-state index contributed by atoms with van der Waals surface area (Å²) in [6.45, 7) is 9.61. The second-order valence-corrected chi connectivity index (χ2v) is 6.10. The van der Waals surface area contributed by atoms with Gasteiger partial charge in [-0.3, -0.25) is 10.1 Å². The largest absolute Gasteiger partial charge is 0.487 e. The van der Waals surface area contributed by atoms with Crippen molar-refractivity contribution in [3.8, 4) is 5.75 Å². The summed E-state index contributed by atoms with van der Waals surface area (Å²) in [7, 11) is 0. The van der Waals surface area contributed by atoms with E-state index in [2.05, 4.69) is 13.8 Å². The SMILES string of the molecule is Cc1ccc([N+](=O)[O-])c(OCCC[NH+]2C[C@H](C)O[C@@H](C)C2)c1. The van der Waals surface area contributed by atoms with E-state index in [4.69, 9.17) is 9.47 Å². The van der Waals surface area contributed by atoms with Gasteiger partial charge in [-0.2, -0.15) is 0 Å². The molecule has 0 spiro atoms. The predicted molar refractivity (Wildman–Crippen MR) is 83.5 cm³/mol. The van der Waals surface area contributed by atoms with E-state index in [9.17, 15) is 10.1 Å². The van der Waals surface area contributed by atoms with Crippen LogP contribution in [0.1, 0.15) is 25.8 Å². The summed E-state index contributed by atoms with van der Waals surface area (Å²) in [5.74, 6) is 0.365. The van der Waals surface area contributed by atoms with Crippen LogP contribution in [0.3, 0.4) is 0 Å². The lowest BCUT2D eigenvalue weighted by atomic mass is 10.2. The number of quaternary nitrogens is 1. The molecule has 0 aromatic heterocycles. The third kappa shape index (κ3) is 4.68. The number of morpholine rings is 1. The van der Waals surface area contributed by atoms with Gasteiger partial charge in [-0.15, -0.1) is 0 Å². The number of nitro benzene ring substituents is 1. The molecular weight excluding hydrogens is 284 g/mol. The molecule has 6 nitrogen and oxygen atoms in total. The Labute approximate surface area is 131 Å². The summed E-state index contributed by atoms with van der Waals surface area (Å²) in [5.41, 5.74) is 0.994. The normalized spacial score (nSPS) is 25.0. The molecule has 1 heterocycles. The van der Waals surface area contributed by atoms with Crippen molar-refractivity contribution >= 4 is 5.69 Å². The predicted octanol–water partition coefficient (Wildman–Crippen LogP) is 1.36. The summed E-state index contributed by atoms with van der Waals surface area (Å²) in [6.07, 6.45) is 1.45. The Morgan fingerprint density at radius 3 is 2.68 bits per heavy atom. The molecule has 2 atom stereocenters. The van der Waals surface area contributed by atoms with Crippen LogP contribution in [0.5, 0.6) is 5.75 Å². The van der Waals surface area contributed by atoms with Gasteiger partial charge in [0, 0.05) is 12.5 Å². The fourth-order valence-electron chi connectivity index (χ4n) is 2.99. The highest BCUT2D eigenvalue weighted by atomic mass is 16.6. The topological polar surface area (TPSA) is 66.0 Å². The van der Waals surface area contributed by atoms with Crippen LogP contribution >= 0.6 is 0 Å². The van der Waals surface area contributed by atoms with Gasteiger partial charge in [-0.25, -0.2) is 0 Å². The average molecular weight is 309 g/mol. The van der Waals surface area contributed by atoms with Gasteiger partial charge < -0.3 is 14.4 Å². The second-order valence-electron chi connectivity index (χ2n) is 6.10. The van der Waals surface area contributed by atoms with Crippen LogP contribution < -0.4 is 9.64 Å². The van der Waals surface area contributed by atoms with Crippen molar-refractivity contribution < 1.29 is 19.3 Å². The highest BCUT2D eigenvalue weighted by Crippen LogP contribution is 2.27. The van der Waals surface area contributed by atoms with Crippen molar-refractivity contribution in [2.24, 2.45) is 0 Å². The zero-order valence-corrected chi connectivity index (χ0v) is 13.5. The van der Waals surface area contributed by atoms with E-state index in [0.717, 1.165) is 31.6 Å². The smallest absolute Gasteiger partial charge is 0.310 e. The standard InChI is InChI=1S/C16H24N2O4/c1-12-5-6-15(18(19)20)16(9-12)21-8-4-7-17-10-13(2)22-14(3)11-17/h5-6,9,13-14H,4,7-8,10-11H2,1-3H3/p+1/t13-,14-/m0/s1. The van der Waals surface area contributed by atoms with Gasteiger partial charge in [0.2, 0.25) is 0 Å². The van der Waals surface area contributed by atoms with E-state index in [1.165, 1.54) is 11.0 Å². The first-order valence-electron chi connectivity index (χ1n) is 7.82. The number of nitrogens with zero attached hydrogens (tertiary/aromatic N) is 1. The Morgan fingerprint density at radius 1 is 1.36 bits per heavy atom. The molecule has 1 aromatic carbocycles. The van der Waals surface area contributed by atoms with Gasteiger partial charge in [-0.1, -0.05) is 6.07 Å². The number of rotatable bonds is 6. The Kier molecular flexibility index (Phi) is 5.74. The van der Waals surface area contributed by atoms with Crippen LogP contribution in [0.25, 0.3) is 0 Å². The average Bonchev–Trinajstić information content (AvgIpc) is 2.42. The Morgan fingerprint density at radius 2 is 2.05 bits per heavy atom. The van der Waals surface area contributed by atoms with Crippen molar-refractivity contribution in [2.45, 2.75) is 39.4 Å². The number of benzene rings is 1. The zero-order valence-electron chi connectivity index (χ0n) is 13.5. The highest BCUT2D eigenvalue weighted by molar-refractivity contribution is 5.48. The Hall–Kier alpha value is -1.66. The first kappa shape index (κ1) is 16.7. The Bertz CT molecular complexity index is 511. The van der Waals surface area contributed by atoms with Gasteiger partial charge in [0.15, 0.2) is 5.75 Å². The molecule has 122 valence electrons. The molecule has 1 fully saturated rings. The molecule has 0 aliphatic carbocycles. The zero-order chi connectivity index (χ0) is 16.1. The van der Waals surface area contributed by atoms with Crippen molar-refractivity contribution in [1.82, 2.24) is 0 Å². The first-order chi connectivity index (χ1) is 10.5. The molecule has 6 heteroatoms. The van der Waals surface area contributed by atoms with Crippen LogP contribution in [0.4, 0.5) is 5.69 Å². The molecule has 1 aliphatic rings. The number of hydrogen-bond donors (Lipinski definition) is 1. The van der Waals surface area contributed by atoms with Gasteiger partial charge in [-0.05, 0) is 32.4 Å². The summed E-state index contributed by atoms with van der Waals surface area (Å²) in [6, 6.07) is 4.96. The molecule has 2 rings (SSSR count). The van der Waals surface area contributed by atoms with E-state index < -0.39 is 4.92 Å². The minimum absolute atomic E-state index is 0.0339. The monoisotopic (exact) mass is 309 g/mol. The fraction of sp³-hybridized carbons (Fsp3) is 0.625. The lowest BCUT2D eigenvalue weighted by Gasteiger charge is -2.32. The third-order valence-electron chi connectivity index (χ3n) is 3.86. The van der Waals surface area contributed by atoms with Crippen LogP contribution in [0.2, 0.25) is 0 Å². The van der Waals surface area contributed by atoms with Gasteiger partial charge in [0.1, 0.15) is 25.3 Å². The van der Waals surface area contributed by atoms with E-state index in [1.54, 1.807) is 12.1 Å². The van der Waals surface area contributed by atoms with E-state index in [0.29, 0.717) is 12.4 Å². The summed E-state index contributed by atoms with van der Waals surface area (Å²) >= 11 is 0. The summed E-state index contributed by atoms with van der Waals surface area (Å²) < 4.78 is 11.4. The molecular formula is C16H25N2O4+. The Balaban J connectivity index is 1.81. The minimum atomic E-state index is -0.397. The summed E-state index contributed by atoms with van der Waals surface area (Å²) in [5, 5.41) is 11.0. The van der Waals surface area contributed by atoms with Crippen LogP contribution in [0.15, 0.2) is 18.2 Å². The van der Waals surface area contributed by atoms with Crippen LogP contribution in [0, 0.1) is 17.0 Å². The van der Waals surface area contributed by atoms with Crippen molar-refractivity contribution in [1.29, 1.82) is 0 Å². The lowest BCUT2D eigenvalue weighted by molar-refractivity contribution is -0.915. The number of aryl methyl sites for hydroxylation is 1. The number of nitrogens with one attached hydrogen (secondary N) is 1. The molecule has 1 saturated heterocycles. The maximum atomic E-state index is 11.0. The first-order valence-corrected chi connectivity index (χ1v) is 7.82. The van der Waals surface area contributed by atoms with Crippen molar-refractivity contribution in [3.05, 3.63) is 33.9 Å². The maximum absolute atomic E-state index is 11.0. The fourth-order valence-corrected chi connectivity index (χ4v) is 2.99. The minimum Gasteiger partial charge on any atom is -0.487 e. The third-order valence-corrected chi connectivity index (χ3v) is 3.86. The highest BCUT2D eigenvalue weighted by Gasteiger charge is 2.25. The maximum Gasteiger partial charge on any atom is 0.310 e. The lowest BCUT2D eigenvalue weighted by Crippen LogP contribution is -3.15. The molecule has 1 N–H and O–H groups in total. The van der Waals surface area contributed by atoms with E-state index in [-0.39, 0.29) is 17.9 Å². The summed E-state index contributed by atoms with van der Waals surface area (Å²) in [4.78, 5) is 12.1. The molecule has 0 unspecified atom stereocenters. The molecule has 0 amide bonds. The number of nitro groups is 1. The van der Waals surface area contributed by atoms with Gasteiger partial charge in [0.05, 0.1) is 18.1 Å². The van der Waals surface area contributed by atoms with Crippen molar-refractivity contribution in [2.75, 3.05) is 26.2 Å².